The molecule has 0 spiro atoms. The molecule has 0 fully saturated rings. The number of rotatable bonds is 8. The van der Waals surface area contributed by atoms with Gasteiger partial charge in [0.15, 0.2) is 0 Å². The van der Waals surface area contributed by atoms with Crippen LogP contribution in [0.4, 0.5) is 0 Å². The van der Waals surface area contributed by atoms with Crippen LogP contribution in [0.15, 0.2) is 121 Å². The summed E-state index contributed by atoms with van der Waals surface area (Å²) in [6, 6.07) is 44.3. The molecular weight excluding hydrogens is 605 g/mol. The second-order valence-corrected chi connectivity index (χ2v) is 11.7. The molecule has 0 saturated heterocycles. The number of hydrogen-bond acceptors (Lipinski definition) is 0. The summed E-state index contributed by atoms with van der Waals surface area (Å²) in [5.74, 6) is 0. The Morgan fingerprint density at radius 1 is 0.405 bits per heavy atom. The fourth-order valence-corrected chi connectivity index (χ4v) is 8.59. The average Bonchev–Trinajstić information content (AvgIpc) is 2.98. The molecule has 4 aromatic carbocycles. The van der Waals surface area contributed by atoms with Crippen LogP contribution in [0.3, 0.4) is 0 Å². The maximum atomic E-state index is 7.50. The molecule has 0 saturated carbocycles. The molecule has 0 bridgehead atoms. The van der Waals surface area contributed by atoms with Crippen LogP contribution in [0.2, 0.25) is 0 Å². The molecule has 4 aromatic rings. The normalized spacial score (nSPS) is 8.86. The molecule has 0 aliphatic heterocycles. The standard InChI is InChI=1S/C27H26P2.3CO.BrH.Mn/c1-5-14-24(15-6-1)28(25-16-7-2-8-17-25)22-13-23-29(26-18-9-3-10-19-26)27-20-11-4-12-21-27;3*1-2;;/h1-12,14-21H,13,22-23H2;;;;1H;/q;;;;;+2/p-1. The molecule has 7 heteroatoms. The zero-order chi connectivity index (χ0) is 25.7. The minimum absolute atomic E-state index is 0. The second-order valence-electron chi connectivity index (χ2n) is 7.00. The van der Waals surface area contributed by atoms with Gasteiger partial charge in [-0.25, -0.2) is 0 Å². The fourth-order valence-electron chi connectivity index (χ4n) is 3.63. The van der Waals surface area contributed by atoms with Crippen molar-refractivity contribution in [1.29, 1.82) is 0 Å². The number of hydrogen-bond donors (Lipinski definition) is 0. The van der Waals surface area contributed by atoms with Crippen molar-refractivity contribution in [3.05, 3.63) is 141 Å². The van der Waals surface area contributed by atoms with E-state index in [1.807, 2.05) is 0 Å². The molecule has 0 aliphatic carbocycles. The Kier molecular flexibility index (Phi) is 24.4. The van der Waals surface area contributed by atoms with E-state index in [0.29, 0.717) is 0 Å². The van der Waals surface area contributed by atoms with Crippen molar-refractivity contribution in [2.45, 2.75) is 6.42 Å². The van der Waals surface area contributed by atoms with E-state index in [9.17, 15) is 0 Å². The van der Waals surface area contributed by atoms with E-state index in [1.54, 1.807) is 0 Å². The van der Waals surface area contributed by atoms with Crippen LogP contribution in [-0.4, -0.2) is 12.3 Å². The molecule has 0 N–H and O–H groups in total. The Labute approximate surface area is 244 Å². The van der Waals surface area contributed by atoms with Crippen molar-refractivity contribution in [2.24, 2.45) is 0 Å². The van der Waals surface area contributed by atoms with Crippen molar-refractivity contribution in [3.8, 4) is 0 Å². The van der Waals surface area contributed by atoms with Gasteiger partial charge in [0.2, 0.25) is 0 Å². The first kappa shape index (κ1) is 37.1. The van der Waals surface area contributed by atoms with Gasteiger partial charge in [-0.2, -0.15) is 0 Å². The first-order valence-electron chi connectivity index (χ1n) is 10.8. The summed E-state index contributed by atoms with van der Waals surface area (Å²) in [6.45, 7) is 13.5. The zero-order valence-corrected chi connectivity index (χ0v) is 24.6. The van der Waals surface area contributed by atoms with Gasteiger partial charge >= 0.3 is 51.0 Å². The third-order valence-electron chi connectivity index (χ3n) is 5.03. The molecule has 0 aliphatic rings. The van der Waals surface area contributed by atoms with Gasteiger partial charge in [0.05, 0.1) is 0 Å². The Morgan fingerprint density at radius 2 is 0.595 bits per heavy atom. The van der Waals surface area contributed by atoms with Crippen molar-refractivity contribution >= 4 is 37.1 Å². The van der Waals surface area contributed by atoms with E-state index in [-0.39, 0.29) is 49.9 Å². The molecule has 0 atom stereocenters. The minimum Gasteiger partial charge on any atom is -0.0622 e. The molecule has 0 heterocycles. The van der Waals surface area contributed by atoms with Crippen molar-refractivity contribution in [3.63, 3.8) is 0 Å². The monoisotopic (exact) mass is 630 g/mol. The van der Waals surface area contributed by atoms with Gasteiger partial charge in [-0.15, -0.1) is 0 Å². The Bertz CT molecular complexity index is 950. The predicted octanol–water partition coefficient (Wildman–Crippen LogP) is 2.53. The van der Waals surface area contributed by atoms with Crippen LogP contribution < -0.4 is 38.2 Å². The maximum Gasteiger partial charge on any atom is 2.00 e. The number of benzene rings is 4. The van der Waals surface area contributed by atoms with E-state index < -0.39 is 0 Å². The third kappa shape index (κ3) is 12.8. The van der Waals surface area contributed by atoms with E-state index in [1.165, 1.54) is 40.0 Å². The summed E-state index contributed by atoms with van der Waals surface area (Å²) < 4.78 is 22.5. The van der Waals surface area contributed by atoms with Gasteiger partial charge in [-0.1, -0.05) is 121 Å². The van der Waals surface area contributed by atoms with Gasteiger partial charge in [0.1, 0.15) is 0 Å². The molecule has 0 aromatic heterocycles. The van der Waals surface area contributed by atoms with Crippen LogP contribution in [0.5, 0.6) is 0 Å². The molecule has 3 nitrogen and oxygen atoms in total. The zero-order valence-electron chi connectivity index (χ0n) is 20.0. The van der Waals surface area contributed by atoms with Crippen LogP contribution in [0.25, 0.3) is 0 Å². The Hall–Kier alpha value is -2.04. The minimum atomic E-state index is -0.309. The van der Waals surface area contributed by atoms with Gasteiger partial charge in [-0.05, 0) is 55.8 Å². The smallest absolute Gasteiger partial charge is 0.0622 e. The summed E-state index contributed by atoms with van der Waals surface area (Å²) in [7, 11) is -0.618. The molecule has 4 rings (SSSR count). The van der Waals surface area contributed by atoms with Gasteiger partial charge in [-0.3, -0.25) is 0 Å². The topological polar surface area (TPSA) is 59.7 Å². The molecule has 1 radical (unpaired) electrons. The van der Waals surface area contributed by atoms with Gasteiger partial charge < -0.3 is 17.0 Å². The van der Waals surface area contributed by atoms with Gasteiger partial charge in [0, 0.05) is 0 Å². The largest absolute Gasteiger partial charge is 2.00 e. The van der Waals surface area contributed by atoms with E-state index in [4.69, 9.17) is 14.0 Å². The van der Waals surface area contributed by atoms with Crippen molar-refractivity contribution < 1.29 is 48.0 Å². The van der Waals surface area contributed by atoms with Crippen molar-refractivity contribution in [2.75, 3.05) is 12.3 Å². The Morgan fingerprint density at radius 3 is 0.784 bits per heavy atom. The van der Waals surface area contributed by atoms with Gasteiger partial charge in [0.25, 0.3) is 0 Å². The van der Waals surface area contributed by atoms with E-state index >= 15 is 0 Å². The summed E-state index contributed by atoms with van der Waals surface area (Å²) in [4.78, 5) is 0. The molecule has 0 amide bonds. The number of halogens is 1. The average molecular weight is 631 g/mol. The van der Waals surface area contributed by atoms with Crippen molar-refractivity contribution in [1.82, 2.24) is 0 Å². The first-order valence-corrected chi connectivity index (χ1v) is 13.8. The van der Waals surface area contributed by atoms with E-state index in [0.717, 1.165) is 0 Å². The van der Waals surface area contributed by atoms with Crippen LogP contribution in [0, 0.1) is 20.0 Å². The molecule has 187 valence electrons. The molecule has 37 heavy (non-hydrogen) atoms. The summed E-state index contributed by atoms with van der Waals surface area (Å²) >= 11 is 0. The molecular formula is C30H26BrMnO3P2+. The quantitative estimate of drug-likeness (QED) is 0.124. The SMILES string of the molecule is [Br-].[C-]#[O+].[C-]#[O+].[C-]#[O+].[Mn+2].c1ccc(P(CCCP(c2ccccc2)c2ccccc2)c2ccccc2)cc1. The summed E-state index contributed by atoms with van der Waals surface area (Å²) in [6.07, 6.45) is 3.72. The third-order valence-corrected chi connectivity index (χ3v) is 10.2. The first-order chi connectivity index (χ1) is 17.4. The summed E-state index contributed by atoms with van der Waals surface area (Å²) in [5, 5.41) is 5.94. The predicted molar refractivity (Wildman–Crippen MR) is 144 cm³/mol. The fraction of sp³-hybridized carbons (Fsp3) is 0.100. The van der Waals surface area contributed by atoms with E-state index in [2.05, 4.69) is 141 Å². The molecule has 0 unspecified atom stereocenters. The summed E-state index contributed by atoms with van der Waals surface area (Å²) in [5.41, 5.74) is 0. The van der Waals surface area contributed by atoms with Crippen LogP contribution in [0.1, 0.15) is 6.42 Å². The maximum absolute atomic E-state index is 7.50. The second kappa shape index (κ2) is 24.3. The Balaban J connectivity index is 0. The van der Waals surface area contributed by atoms with Crippen LogP contribution in [-0.2, 0) is 31.0 Å². The van der Waals surface area contributed by atoms with Crippen LogP contribution >= 0.6 is 15.8 Å².